The lowest BCUT2D eigenvalue weighted by Gasteiger charge is -2.12. The van der Waals surface area contributed by atoms with E-state index in [9.17, 15) is 4.79 Å². The standard InChI is InChI=1S/C14H13ClN2O2/c1-8-4-3-5-9(2)12(8)16-11-7-6-10(15)13(17-11)14(18)19/h3-7H,1-2H3,(H,16,17)(H,18,19). The first-order valence-corrected chi connectivity index (χ1v) is 6.10. The van der Waals surface area contributed by atoms with Crippen molar-refractivity contribution >= 4 is 29.1 Å². The zero-order chi connectivity index (χ0) is 14.0. The number of aryl methyl sites for hydroxylation is 2. The lowest BCUT2D eigenvalue weighted by molar-refractivity contribution is 0.0691. The molecule has 1 heterocycles. The van der Waals surface area contributed by atoms with Gasteiger partial charge in [0.1, 0.15) is 5.82 Å². The quantitative estimate of drug-likeness (QED) is 0.895. The van der Waals surface area contributed by atoms with Gasteiger partial charge in [0.25, 0.3) is 0 Å². The molecule has 2 aromatic rings. The molecule has 19 heavy (non-hydrogen) atoms. The number of para-hydroxylation sites is 1. The Morgan fingerprint density at radius 1 is 1.21 bits per heavy atom. The van der Waals surface area contributed by atoms with Crippen molar-refractivity contribution in [3.05, 3.63) is 52.2 Å². The molecule has 0 unspecified atom stereocenters. The molecule has 1 aromatic heterocycles. The van der Waals surface area contributed by atoms with E-state index in [0.29, 0.717) is 5.82 Å². The van der Waals surface area contributed by atoms with Crippen molar-refractivity contribution in [2.75, 3.05) is 5.32 Å². The monoisotopic (exact) mass is 276 g/mol. The number of rotatable bonds is 3. The zero-order valence-electron chi connectivity index (χ0n) is 10.6. The van der Waals surface area contributed by atoms with Gasteiger partial charge in [-0.25, -0.2) is 9.78 Å². The molecule has 0 aliphatic carbocycles. The highest BCUT2D eigenvalue weighted by atomic mass is 35.5. The van der Waals surface area contributed by atoms with Crippen molar-refractivity contribution in [3.8, 4) is 0 Å². The third kappa shape index (κ3) is 2.85. The van der Waals surface area contributed by atoms with Crippen molar-refractivity contribution in [1.29, 1.82) is 0 Å². The highest BCUT2D eigenvalue weighted by molar-refractivity contribution is 6.33. The number of benzene rings is 1. The molecule has 0 aliphatic rings. The number of aromatic nitrogens is 1. The van der Waals surface area contributed by atoms with Gasteiger partial charge in [-0.1, -0.05) is 29.8 Å². The lowest BCUT2D eigenvalue weighted by atomic mass is 10.1. The van der Waals surface area contributed by atoms with Gasteiger partial charge < -0.3 is 10.4 Å². The third-order valence-corrected chi connectivity index (χ3v) is 3.09. The summed E-state index contributed by atoms with van der Waals surface area (Å²) in [4.78, 5) is 15.0. The minimum atomic E-state index is -1.14. The van der Waals surface area contributed by atoms with Crippen LogP contribution in [0.3, 0.4) is 0 Å². The molecule has 5 heteroatoms. The maximum atomic E-state index is 11.0. The van der Waals surface area contributed by atoms with Crippen molar-refractivity contribution in [2.45, 2.75) is 13.8 Å². The molecule has 0 radical (unpaired) electrons. The fourth-order valence-corrected chi connectivity index (χ4v) is 1.99. The molecule has 1 aromatic carbocycles. The Balaban J connectivity index is 2.39. The summed E-state index contributed by atoms with van der Waals surface area (Å²) in [5.74, 6) is -0.686. The van der Waals surface area contributed by atoms with Gasteiger partial charge in [-0.05, 0) is 37.1 Å². The van der Waals surface area contributed by atoms with Gasteiger partial charge in [-0.2, -0.15) is 0 Å². The van der Waals surface area contributed by atoms with Crippen LogP contribution in [-0.4, -0.2) is 16.1 Å². The van der Waals surface area contributed by atoms with Crippen LogP contribution in [0.1, 0.15) is 21.6 Å². The fraction of sp³-hybridized carbons (Fsp3) is 0.143. The summed E-state index contributed by atoms with van der Waals surface area (Å²) in [6.07, 6.45) is 0. The summed E-state index contributed by atoms with van der Waals surface area (Å²) in [5.41, 5.74) is 2.90. The van der Waals surface area contributed by atoms with Crippen molar-refractivity contribution in [2.24, 2.45) is 0 Å². The summed E-state index contributed by atoms with van der Waals surface area (Å²) in [6, 6.07) is 9.09. The van der Waals surface area contributed by atoms with Gasteiger partial charge in [-0.3, -0.25) is 0 Å². The van der Waals surface area contributed by atoms with E-state index in [4.69, 9.17) is 16.7 Å². The molecule has 0 spiro atoms. The molecule has 4 nitrogen and oxygen atoms in total. The van der Waals surface area contributed by atoms with Crippen molar-refractivity contribution in [1.82, 2.24) is 4.98 Å². The molecule has 0 saturated heterocycles. The number of halogens is 1. The summed E-state index contributed by atoms with van der Waals surface area (Å²) in [5, 5.41) is 12.2. The summed E-state index contributed by atoms with van der Waals surface area (Å²) >= 11 is 5.79. The Bertz CT molecular complexity index is 621. The molecule has 0 amide bonds. The molecule has 2 rings (SSSR count). The zero-order valence-corrected chi connectivity index (χ0v) is 11.3. The predicted octanol–water partition coefficient (Wildman–Crippen LogP) is 3.79. The molecule has 2 N–H and O–H groups in total. The summed E-state index contributed by atoms with van der Waals surface area (Å²) in [7, 11) is 0. The second kappa shape index (κ2) is 5.28. The van der Waals surface area contributed by atoms with Gasteiger partial charge in [0.05, 0.1) is 5.02 Å². The first-order chi connectivity index (χ1) is 8.99. The minimum Gasteiger partial charge on any atom is -0.476 e. The number of hydrogen-bond donors (Lipinski definition) is 2. The Kier molecular flexibility index (Phi) is 3.71. The van der Waals surface area contributed by atoms with Crippen LogP contribution in [0, 0.1) is 13.8 Å². The number of carboxylic acid groups (broad SMARTS) is 1. The molecule has 98 valence electrons. The van der Waals surface area contributed by atoms with Crippen LogP contribution in [0.2, 0.25) is 5.02 Å². The molecule has 0 fully saturated rings. The van der Waals surface area contributed by atoms with Crippen molar-refractivity contribution < 1.29 is 9.90 Å². The van der Waals surface area contributed by atoms with Gasteiger partial charge in [0.15, 0.2) is 5.69 Å². The van der Waals surface area contributed by atoms with E-state index >= 15 is 0 Å². The first kappa shape index (κ1) is 13.4. The van der Waals surface area contributed by atoms with Gasteiger partial charge in [0, 0.05) is 5.69 Å². The van der Waals surface area contributed by atoms with E-state index < -0.39 is 5.97 Å². The van der Waals surface area contributed by atoms with E-state index in [0.717, 1.165) is 16.8 Å². The van der Waals surface area contributed by atoms with E-state index in [1.165, 1.54) is 6.07 Å². The van der Waals surface area contributed by atoms with E-state index in [1.807, 2.05) is 32.0 Å². The Morgan fingerprint density at radius 3 is 2.42 bits per heavy atom. The topological polar surface area (TPSA) is 62.2 Å². The first-order valence-electron chi connectivity index (χ1n) is 5.72. The van der Waals surface area contributed by atoms with Crippen molar-refractivity contribution in [3.63, 3.8) is 0 Å². The number of nitrogens with one attached hydrogen (secondary N) is 1. The highest BCUT2D eigenvalue weighted by Gasteiger charge is 2.12. The Labute approximate surface area is 116 Å². The van der Waals surface area contributed by atoms with E-state index in [-0.39, 0.29) is 10.7 Å². The van der Waals surface area contributed by atoms with Gasteiger partial charge >= 0.3 is 5.97 Å². The number of carbonyl (C=O) groups is 1. The van der Waals surface area contributed by atoms with Gasteiger partial charge in [0.2, 0.25) is 0 Å². The second-order valence-corrected chi connectivity index (χ2v) is 4.63. The fourth-order valence-electron chi connectivity index (χ4n) is 1.80. The number of aromatic carboxylic acids is 1. The number of anilines is 2. The van der Waals surface area contributed by atoms with Gasteiger partial charge in [-0.15, -0.1) is 0 Å². The van der Waals surface area contributed by atoms with E-state index in [2.05, 4.69) is 10.3 Å². The number of carboxylic acids is 1. The largest absolute Gasteiger partial charge is 0.476 e. The SMILES string of the molecule is Cc1cccc(C)c1Nc1ccc(Cl)c(C(=O)O)n1. The Morgan fingerprint density at radius 2 is 1.84 bits per heavy atom. The molecule has 0 saturated carbocycles. The maximum absolute atomic E-state index is 11.0. The van der Waals surface area contributed by atoms with Crippen LogP contribution >= 0.6 is 11.6 Å². The average Bonchev–Trinajstić information content (AvgIpc) is 2.35. The van der Waals surface area contributed by atoms with Crippen LogP contribution in [0.25, 0.3) is 0 Å². The molecule has 0 bridgehead atoms. The number of hydrogen-bond acceptors (Lipinski definition) is 3. The van der Waals surface area contributed by atoms with Crippen LogP contribution in [0.4, 0.5) is 11.5 Å². The van der Waals surface area contributed by atoms with Crippen LogP contribution < -0.4 is 5.32 Å². The predicted molar refractivity (Wildman–Crippen MR) is 75.4 cm³/mol. The summed E-state index contributed by atoms with van der Waals surface area (Å²) < 4.78 is 0. The molecular weight excluding hydrogens is 264 g/mol. The lowest BCUT2D eigenvalue weighted by Crippen LogP contribution is -2.05. The third-order valence-electron chi connectivity index (χ3n) is 2.78. The Hall–Kier alpha value is -2.07. The normalized spacial score (nSPS) is 10.3. The molecular formula is C14H13ClN2O2. The van der Waals surface area contributed by atoms with Crippen LogP contribution in [-0.2, 0) is 0 Å². The number of nitrogens with zero attached hydrogens (tertiary/aromatic N) is 1. The highest BCUT2D eigenvalue weighted by Crippen LogP contribution is 2.25. The smallest absolute Gasteiger partial charge is 0.356 e. The van der Waals surface area contributed by atoms with Crippen LogP contribution in [0.15, 0.2) is 30.3 Å². The number of pyridine rings is 1. The molecule has 0 aliphatic heterocycles. The second-order valence-electron chi connectivity index (χ2n) is 4.22. The molecule has 0 atom stereocenters. The average molecular weight is 277 g/mol. The minimum absolute atomic E-state index is 0.125. The maximum Gasteiger partial charge on any atom is 0.356 e. The summed E-state index contributed by atoms with van der Waals surface area (Å²) in [6.45, 7) is 3.95. The van der Waals surface area contributed by atoms with E-state index in [1.54, 1.807) is 6.07 Å². The van der Waals surface area contributed by atoms with Crippen LogP contribution in [0.5, 0.6) is 0 Å².